The molecular weight excluding hydrogens is 324 g/mol. The summed E-state index contributed by atoms with van der Waals surface area (Å²) in [7, 11) is 2.06. The fourth-order valence-electron chi connectivity index (χ4n) is 4.87. The second-order valence-corrected chi connectivity index (χ2v) is 7.80. The third kappa shape index (κ3) is 2.27. The van der Waals surface area contributed by atoms with Crippen molar-refractivity contribution in [2.24, 2.45) is 5.41 Å². The maximum absolute atomic E-state index is 12.3. The first kappa shape index (κ1) is 16.0. The van der Waals surface area contributed by atoms with Gasteiger partial charge in [-0.3, -0.25) is 9.69 Å². The Balaban J connectivity index is 1.90. The molecule has 1 aromatic carbocycles. The van der Waals surface area contributed by atoms with Gasteiger partial charge in [-0.1, -0.05) is 30.9 Å². The molecule has 1 aromatic heterocycles. The Morgan fingerprint density at radius 1 is 1.33 bits per heavy atom. The molecule has 2 aromatic rings. The SMILES string of the molecule is CN1CCc2c([nH]c3ccc(Cl)cc23)C1C1(C(=O)O)CCCCC1. The number of carboxylic acids is 1. The number of likely N-dealkylation sites (N-methyl/N-ethyl adjacent to an activating group) is 1. The van der Waals surface area contributed by atoms with Gasteiger partial charge in [0.25, 0.3) is 0 Å². The van der Waals surface area contributed by atoms with E-state index in [2.05, 4.69) is 16.9 Å². The third-order valence-corrected chi connectivity index (χ3v) is 6.26. The van der Waals surface area contributed by atoms with E-state index in [0.717, 1.165) is 66.7 Å². The van der Waals surface area contributed by atoms with Crippen LogP contribution in [0.2, 0.25) is 5.02 Å². The summed E-state index contributed by atoms with van der Waals surface area (Å²) in [6, 6.07) is 5.80. The third-order valence-electron chi connectivity index (χ3n) is 6.03. The molecule has 1 fully saturated rings. The monoisotopic (exact) mass is 346 g/mol. The van der Waals surface area contributed by atoms with E-state index in [1.807, 2.05) is 18.2 Å². The van der Waals surface area contributed by atoms with Crippen LogP contribution in [0.4, 0.5) is 0 Å². The van der Waals surface area contributed by atoms with Gasteiger partial charge in [0, 0.05) is 28.2 Å². The van der Waals surface area contributed by atoms with Crippen molar-refractivity contribution < 1.29 is 9.90 Å². The molecule has 0 spiro atoms. The van der Waals surface area contributed by atoms with Crippen LogP contribution >= 0.6 is 11.6 Å². The molecule has 2 aliphatic rings. The lowest BCUT2D eigenvalue weighted by molar-refractivity contribution is -0.157. The van der Waals surface area contributed by atoms with Gasteiger partial charge in [-0.15, -0.1) is 0 Å². The van der Waals surface area contributed by atoms with Gasteiger partial charge in [0.1, 0.15) is 0 Å². The number of halogens is 1. The molecule has 0 saturated heterocycles. The predicted molar refractivity (Wildman–Crippen MR) is 95.5 cm³/mol. The van der Waals surface area contributed by atoms with Crippen LogP contribution in [0, 0.1) is 5.41 Å². The highest BCUT2D eigenvalue weighted by Gasteiger charge is 2.51. The first-order valence-electron chi connectivity index (χ1n) is 8.76. The van der Waals surface area contributed by atoms with Crippen LogP contribution in [-0.2, 0) is 11.2 Å². The maximum Gasteiger partial charge on any atom is 0.311 e. The molecule has 5 heteroatoms. The molecule has 0 amide bonds. The number of hydrogen-bond acceptors (Lipinski definition) is 2. The molecule has 24 heavy (non-hydrogen) atoms. The van der Waals surface area contributed by atoms with Crippen LogP contribution in [0.3, 0.4) is 0 Å². The van der Waals surface area contributed by atoms with Crippen LogP contribution < -0.4 is 0 Å². The van der Waals surface area contributed by atoms with Gasteiger partial charge < -0.3 is 10.1 Å². The number of nitrogens with zero attached hydrogens (tertiary/aromatic N) is 1. The van der Waals surface area contributed by atoms with Gasteiger partial charge in [0.2, 0.25) is 0 Å². The van der Waals surface area contributed by atoms with Gasteiger partial charge >= 0.3 is 5.97 Å². The number of benzene rings is 1. The minimum absolute atomic E-state index is 0.0924. The summed E-state index contributed by atoms with van der Waals surface area (Å²) < 4.78 is 0. The van der Waals surface area contributed by atoms with E-state index in [1.165, 1.54) is 5.56 Å². The van der Waals surface area contributed by atoms with Crippen molar-refractivity contribution in [1.29, 1.82) is 0 Å². The number of H-pyrrole nitrogens is 1. The zero-order valence-electron chi connectivity index (χ0n) is 13.9. The van der Waals surface area contributed by atoms with Crippen molar-refractivity contribution in [1.82, 2.24) is 9.88 Å². The Bertz CT molecular complexity index is 792. The first-order valence-corrected chi connectivity index (χ1v) is 9.14. The average molecular weight is 347 g/mol. The molecule has 1 unspecified atom stereocenters. The first-order chi connectivity index (χ1) is 11.5. The Morgan fingerprint density at radius 3 is 2.79 bits per heavy atom. The van der Waals surface area contributed by atoms with Crippen molar-refractivity contribution in [3.63, 3.8) is 0 Å². The van der Waals surface area contributed by atoms with E-state index in [1.54, 1.807) is 0 Å². The van der Waals surface area contributed by atoms with Crippen LogP contribution in [-0.4, -0.2) is 34.6 Å². The summed E-state index contributed by atoms with van der Waals surface area (Å²) in [5, 5.41) is 12.0. The second-order valence-electron chi connectivity index (χ2n) is 7.36. The summed E-state index contributed by atoms with van der Waals surface area (Å²) in [6.45, 7) is 0.881. The molecule has 1 atom stereocenters. The zero-order valence-corrected chi connectivity index (χ0v) is 14.7. The molecule has 0 bridgehead atoms. The topological polar surface area (TPSA) is 56.3 Å². The molecular formula is C19H23ClN2O2. The fourth-order valence-corrected chi connectivity index (χ4v) is 5.04. The highest BCUT2D eigenvalue weighted by atomic mass is 35.5. The second kappa shape index (κ2) is 5.78. The highest BCUT2D eigenvalue weighted by Crippen LogP contribution is 2.51. The zero-order chi connectivity index (χ0) is 16.9. The molecule has 0 radical (unpaired) electrons. The van der Waals surface area contributed by atoms with Crippen LogP contribution in [0.15, 0.2) is 18.2 Å². The summed E-state index contributed by atoms with van der Waals surface area (Å²) in [5.41, 5.74) is 2.71. The highest BCUT2D eigenvalue weighted by molar-refractivity contribution is 6.31. The minimum Gasteiger partial charge on any atom is -0.481 e. The predicted octanol–water partition coefficient (Wildman–Crippen LogP) is 4.39. The van der Waals surface area contributed by atoms with E-state index in [4.69, 9.17) is 11.6 Å². The van der Waals surface area contributed by atoms with Crippen molar-refractivity contribution in [3.05, 3.63) is 34.5 Å². The number of carboxylic acid groups (broad SMARTS) is 1. The number of rotatable bonds is 2. The summed E-state index contributed by atoms with van der Waals surface area (Å²) in [5.74, 6) is -0.649. The lowest BCUT2D eigenvalue weighted by Crippen LogP contribution is -2.48. The average Bonchev–Trinajstić information content (AvgIpc) is 2.92. The van der Waals surface area contributed by atoms with Crippen LogP contribution in [0.5, 0.6) is 0 Å². The van der Waals surface area contributed by atoms with Gasteiger partial charge in [0.15, 0.2) is 0 Å². The molecule has 4 rings (SSSR count). The summed E-state index contributed by atoms with van der Waals surface area (Å²) in [6.07, 6.45) is 5.58. The molecule has 1 aliphatic carbocycles. The molecule has 4 nitrogen and oxygen atoms in total. The maximum atomic E-state index is 12.3. The number of aromatic amines is 1. The fraction of sp³-hybridized carbons (Fsp3) is 0.526. The van der Waals surface area contributed by atoms with Crippen molar-refractivity contribution in [3.8, 4) is 0 Å². The molecule has 1 aliphatic heterocycles. The Kier molecular flexibility index (Phi) is 3.85. The van der Waals surface area contributed by atoms with Gasteiger partial charge in [-0.05, 0) is 50.1 Å². The lowest BCUT2D eigenvalue weighted by Gasteiger charge is -2.46. The van der Waals surface area contributed by atoms with E-state index in [0.29, 0.717) is 0 Å². The van der Waals surface area contributed by atoms with Crippen LogP contribution in [0.25, 0.3) is 10.9 Å². The molecule has 1 saturated carbocycles. The van der Waals surface area contributed by atoms with Crippen LogP contribution in [0.1, 0.15) is 49.4 Å². The van der Waals surface area contributed by atoms with E-state index in [9.17, 15) is 9.90 Å². The number of aromatic nitrogens is 1. The summed E-state index contributed by atoms with van der Waals surface area (Å²) >= 11 is 6.19. The Hall–Kier alpha value is -1.52. The molecule has 2 N–H and O–H groups in total. The number of hydrogen-bond donors (Lipinski definition) is 2. The number of nitrogens with one attached hydrogen (secondary N) is 1. The van der Waals surface area contributed by atoms with Crippen molar-refractivity contribution in [2.45, 2.75) is 44.6 Å². The standard InChI is InChI=1S/C19H23ClN2O2/c1-22-10-7-13-14-11-12(20)5-6-15(14)21-16(13)17(22)19(18(23)24)8-3-2-4-9-19/h5-6,11,17,21H,2-4,7-10H2,1H3,(H,23,24). The lowest BCUT2D eigenvalue weighted by atomic mass is 9.66. The quantitative estimate of drug-likeness (QED) is 0.848. The van der Waals surface area contributed by atoms with Gasteiger partial charge in [0.05, 0.1) is 11.5 Å². The number of fused-ring (bicyclic) bond motifs is 3. The van der Waals surface area contributed by atoms with Gasteiger partial charge in [-0.25, -0.2) is 0 Å². The number of carbonyl (C=O) groups is 1. The van der Waals surface area contributed by atoms with E-state index >= 15 is 0 Å². The Morgan fingerprint density at radius 2 is 2.08 bits per heavy atom. The molecule has 128 valence electrons. The largest absolute Gasteiger partial charge is 0.481 e. The van der Waals surface area contributed by atoms with Crippen molar-refractivity contribution >= 4 is 28.5 Å². The Labute approximate surface area is 146 Å². The normalized spacial score (nSPS) is 24.0. The smallest absolute Gasteiger partial charge is 0.311 e. The van der Waals surface area contributed by atoms with Gasteiger partial charge in [-0.2, -0.15) is 0 Å². The van der Waals surface area contributed by atoms with Crippen molar-refractivity contribution in [2.75, 3.05) is 13.6 Å². The van der Waals surface area contributed by atoms with E-state index in [-0.39, 0.29) is 6.04 Å². The molecule has 2 heterocycles. The summed E-state index contributed by atoms with van der Waals surface area (Å²) in [4.78, 5) is 18.1. The minimum atomic E-state index is -0.688. The number of aliphatic carboxylic acids is 1. The van der Waals surface area contributed by atoms with E-state index < -0.39 is 11.4 Å².